The number of methoxy groups -OCH3 is 1. The average Bonchev–Trinajstić information content (AvgIpc) is 2.53. The van der Waals surface area contributed by atoms with Crippen LogP contribution in [0.5, 0.6) is 5.75 Å². The van der Waals surface area contributed by atoms with Gasteiger partial charge in [0, 0.05) is 12.6 Å². The molecule has 0 aromatic heterocycles. The highest BCUT2D eigenvalue weighted by atomic mass is 16.5. The maximum Gasteiger partial charge on any atom is 0.335 e. The molecule has 0 aliphatic rings. The second-order valence-electron chi connectivity index (χ2n) is 4.88. The number of aromatic carboxylic acids is 1. The van der Waals surface area contributed by atoms with Gasteiger partial charge in [-0.05, 0) is 42.3 Å². The Balaban J connectivity index is 1.98. The summed E-state index contributed by atoms with van der Waals surface area (Å²) in [5.74, 6) is -0.0693. The molecule has 2 aromatic carbocycles. The summed E-state index contributed by atoms with van der Waals surface area (Å²) < 4.78 is 5.14. The van der Waals surface area contributed by atoms with Crippen LogP contribution in [0.3, 0.4) is 0 Å². The van der Waals surface area contributed by atoms with Crippen LogP contribution in [0.2, 0.25) is 0 Å². The van der Waals surface area contributed by atoms with E-state index in [0.29, 0.717) is 12.1 Å². The molecule has 0 saturated carbocycles. The molecule has 0 bridgehead atoms. The molecule has 0 unspecified atom stereocenters. The zero-order valence-corrected chi connectivity index (χ0v) is 12.2. The SMILES string of the molecule is COc1ccc([C@@H](C)NCc2cccc(C(=O)O)c2)cc1. The number of nitrogens with one attached hydrogen (secondary N) is 1. The molecule has 0 aliphatic carbocycles. The predicted octanol–water partition coefficient (Wildman–Crippen LogP) is 3.24. The first-order valence-corrected chi connectivity index (χ1v) is 6.79. The number of carboxylic acids is 1. The van der Waals surface area contributed by atoms with Crippen LogP contribution in [0.1, 0.15) is 34.5 Å². The molecule has 1 atom stereocenters. The van der Waals surface area contributed by atoms with Crippen LogP contribution in [0, 0.1) is 0 Å². The van der Waals surface area contributed by atoms with Gasteiger partial charge in [0.1, 0.15) is 5.75 Å². The van der Waals surface area contributed by atoms with Crippen LogP contribution in [-0.2, 0) is 6.54 Å². The summed E-state index contributed by atoms with van der Waals surface area (Å²) in [5.41, 5.74) is 2.42. The van der Waals surface area contributed by atoms with Crippen molar-refractivity contribution in [3.05, 3.63) is 65.2 Å². The van der Waals surface area contributed by atoms with Gasteiger partial charge in [0.05, 0.1) is 12.7 Å². The summed E-state index contributed by atoms with van der Waals surface area (Å²) in [6, 6.07) is 15.0. The zero-order chi connectivity index (χ0) is 15.2. The predicted molar refractivity (Wildman–Crippen MR) is 81.7 cm³/mol. The molecule has 4 nitrogen and oxygen atoms in total. The van der Waals surface area contributed by atoms with Gasteiger partial charge in [-0.3, -0.25) is 0 Å². The quantitative estimate of drug-likeness (QED) is 0.855. The molecule has 0 amide bonds. The van der Waals surface area contributed by atoms with Gasteiger partial charge in [0.2, 0.25) is 0 Å². The Bertz CT molecular complexity index is 608. The summed E-state index contributed by atoms with van der Waals surface area (Å²) in [6.07, 6.45) is 0. The fourth-order valence-electron chi connectivity index (χ4n) is 2.10. The van der Waals surface area contributed by atoms with Crippen LogP contribution >= 0.6 is 0 Å². The van der Waals surface area contributed by atoms with Crippen LogP contribution in [0.25, 0.3) is 0 Å². The van der Waals surface area contributed by atoms with E-state index in [1.54, 1.807) is 25.3 Å². The number of benzene rings is 2. The Morgan fingerprint density at radius 3 is 2.57 bits per heavy atom. The Morgan fingerprint density at radius 2 is 1.95 bits per heavy atom. The van der Waals surface area contributed by atoms with E-state index in [1.807, 2.05) is 30.3 Å². The summed E-state index contributed by atoms with van der Waals surface area (Å²) >= 11 is 0. The van der Waals surface area contributed by atoms with Gasteiger partial charge >= 0.3 is 5.97 Å². The smallest absolute Gasteiger partial charge is 0.335 e. The number of carbonyl (C=O) groups is 1. The molecule has 0 radical (unpaired) electrons. The van der Waals surface area contributed by atoms with E-state index in [9.17, 15) is 4.79 Å². The van der Waals surface area contributed by atoms with Crippen molar-refractivity contribution in [2.24, 2.45) is 0 Å². The fraction of sp³-hybridized carbons (Fsp3) is 0.235. The molecule has 0 heterocycles. The Morgan fingerprint density at radius 1 is 1.24 bits per heavy atom. The van der Waals surface area contributed by atoms with E-state index in [-0.39, 0.29) is 6.04 Å². The van der Waals surface area contributed by atoms with Gasteiger partial charge in [-0.25, -0.2) is 4.79 Å². The van der Waals surface area contributed by atoms with E-state index in [2.05, 4.69) is 12.2 Å². The van der Waals surface area contributed by atoms with Crippen LogP contribution in [0.4, 0.5) is 0 Å². The maximum atomic E-state index is 10.9. The summed E-state index contributed by atoms with van der Waals surface area (Å²) in [6.45, 7) is 2.69. The van der Waals surface area contributed by atoms with Gasteiger partial charge in [-0.2, -0.15) is 0 Å². The maximum absolute atomic E-state index is 10.9. The van der Waals surface area contributed by atoms with E-state index in [0.717, 1.165) is 16.9 Å². The lowest BCUT2D eigenvalue weighted by molar-refractivity contribution is 0.0696. The molecular formula is C17H19NO3. The van der Waals surface area contributed by atoms with Crippen molar-refractivity contribution in [1.82, 2.24) is 5.32 Å². The highest BCUT2D eigenvalue weighted by Gasteiger charge is 2.07. The minimum absolute atomic E-state index is 0.171. The monoisotopic (exact) mass is 285 g/mol. The van der Waals surface area contributed by atoms with Gasteiger partial charge in [0.25, 0.3) is 0 Å². The third kappa shape index (κ3) is 4.07. The third-order valence-corrected chi connectivity index (χ3v) is 3.40. The first-order chi connectivity index (χ1) is 10.1. The summed E-state index contributed by atoms with van der Waals surface area (Å²) in [5, 5.41) is 12.4. The lowest BCUT2D eigenvalue weighted by Gasteiger charge is -2.15. The number of hydrogen-bond acceptors (Lipinski definition) is 3. The Kier molecular flexibility index (Phi) is 4.95. The summed E-state index contributed by atoms with van der Waals surface area (Å²) in [7, 11) is 1.64. The van der Waals surface area contributed by atoms with Gasteiger partial charge in [-0.15, -0.1) is 0 Å². The first-order valence-electron chi connectivity index (χ1n) is 6.79. The van der Waals surface area contributed by atoms with Crippen LogP contribution in [-0.4, -0.2) is 18.2 Å². The van der Waals surface area contributed by atoms with Gasteiger partial charge in [0.15, 0.2) is 0 Å². The number of hydrogen-bond donors (Lipinski definition) is 2. The minimum Gasteiger partial charge on any atom is -0.497 e. The van der Waals surface area contributed by atoms with E-state index in [4.69, 9.17) is 9.84 Å². The van der Waals surface area contributed by atoms with Crippen molar-refractivity contribution in [3.8, 4) is 5.75 Å². The van der Waals surface area contributed by atoms with Crippen molar-refractivity contribution in [3.63, 3.8) is 0 Å². The highest BCUT2D eigenvalue weighted by molar-refractivity contribution is 5.87. The van der Waals surface area contributed by atoms with Gasteiger partial charge in [-0.1, -0.05) is 24.3 Å². The second-order valence-corrected chi connectivity index (χ2v) is 4.88. The number of carboxylic acid groups (broad SMARTS) is 1. The molecule has 4 heteroatoms. The van der Waals surface area contributed by atoms with Crippen molar-refractivity contribution in [1.29, 1.82) is 0 Å². The second kappa shape index (κ2) is 6.90. The molecule has 21 heavy (non-hydrogen) atoms. The Hall–Kier alpha value is -2.33. The molecule has 2 aromatic rings. The molecule has 0 aliphatic heterocycles. The molecule has 0 spiro atoms. The summed E-state index contributed by atoms with van der Waals surface area (Å²) in [4.78, 5) is 10.9. The zero-order valence-electron chi connectivity index (χ0n) is 12.2. The van der Waals surface area contributed by atoms with Crippen molar-refractivity contribution in [2.45, 2.75) is 19.5 Å². The minimum atomic E-state index is -0.903. The topological polar surface area (TPSA) is 58.6 Å². The van der Waals surface area contributed by atoms with Crippen LogP contribution in [0.15, 0.2) is 48.5 Å². The first kappa shape index (κ1) is 15.1. The van der Waals surface area contributed by atoms with Crippen molar-refractivity contribution < 1.29 is 14.6 Å². The molecule has 0 fully saturated rings. The molecule has 2 N–H and O–H groups in total. The lowest BCUT2D eigenvalue weighted by atomic mass is 10.1. The van der Waals surface area contributed by atoms with Crippen molar-refractivity contribution >= 4 is 5.97 Å². The standard InChI is InChI=1S/C17H19NO3/c1-12(14-6-8-16(21-2)9-7-14)18-11-13-4-3-5-15(10-13)17(19)20/h3-10,12,18H,11H2,1-2H3,(H,19,20)/t12-/m1/s1. The molecule has 2 rings (SSSR count). The average molecular weight is 285 g/mol. The van der Waals surface area contributed by atoms with E-state index < -0.39 is 5.97 Å². The molecule has 110 valence electrons. The fourth-order valence-corrected chi connectivity index (χ4v) is 2.10. The molecule has 0 saturated heterocycles. The normalized spacial score (nSPS) is 11.9. The third-order valence-electron chi connectivity index (χ3n) is 3.40. The van der Waals surface area contributed by atoms with Crippen LogP contribution < -0.4 is 10.1 Å². The largest absolute Gasteiger partial charge is 0.497 e. The van der Waals surface area contributed by atoms with E-state index in [1.165, 1.54) is 0 Å². The Labute approximate surface area is 124 Å². The number of ether oxygens (including phenoxy) is 1. The highest BCUT2D eigenvalue weighted by Crippen LogP contribution is 2.17. The molecular weight excluding hydrogens is 266 g/mol. The van der Waals surface area contributed by atoms with Crippen molar-refractivity contribution in [2.75, 3.05) is 7.11 Å². The lowest BCUT2D eigenvalue weighted by Crippen LogP contribution is -2.18. The van der Waals surface area contributed by atoms with Gasteiger partial charge < -0.3 is 15.2 Å². The number of rotatable bonds is 6. The van der Waals surface area contributed by atoms with E-state index >= 15 is 0 Å².